The lowest BCUT2D eigenvalue weighted by molar-refractivity contribution is 0.487. The summed E-state index contributed by atoms with van der Waals surface area (Å²) in [4.78, 5) is 0. The summed E-state index contributed by atoms with van der Waals surface area (Å²) in [5.41, 5.74) is 16.6. The third-order valence-electron chi connectivity index (χ3n) is 11.2. The lowest BCUT2D eigenvalue weighted by Crippen LogP contribution is -2.26. The molecule has 1 atom stereocenters. The van der Waals surface area contributed by atoms with Crippen LogP contribution in [0.4, 0.5) is 0 Å². The molecule has 1 nitrogen and oxygen atoms in total. The SMILES string of the molecule is C1=CCC(c2ccc3c(c2)C2(c4ccccc4-c4ccccc42)c2cc(-c4ccc5c(c4)-c4cccc6cccc(c46)O5)ccc2-3)C=C1. The van der Waals surface area contributed by atoms with Gasteiger partial charge in [-0.05, 0) is 103 Å². The van der Waals surface area contributed by atoms with Crippen LogP contribution >= 0.6 is 0 Å². The van der Waals surface area contributed by atoms with Crippen LogP contribution in [0.15, 0.2) is 164 Å². The first kappa shape index (κ1) is 26.2. The van der Waals surface area contributed by atoms with Crippen molar-refractivity contribution >= 4 is 10.8 Å². The van der Waals surface area contributed by atoms with Crippen LogP contribution < -0.4 is 4.74 Å². The average molecular weight is 611 g/mol. The van der Waals surface area contributed by atoms with Crippen LogP contribution in [0, 0.1) is 0 Å². The van der Waals surface area contributed by atoms with Crippen LogP contribution in [0.5, 0.6) is 11.5 Å². The number of fused-ring (bicyclic) bond motifs is 12. The van der Waals surface area contributed by atoms with E-state index >= 15 is 0 Å². The molecule has 0 bridgehead atoms. The molecule has 1 aliphatic heterocycles. The summed E-state index contributed by atoms with van der Waals surface area (Å²) >= 11 is 0. The third kappa shape index (κ3) is 3.35. The maximum atomic E-state index is 6.46. The highest BCUT2D eigenvalue weighted by atomic mass is 16.5. The Labute approximate surface area is 280 Å². The summed E-state index contributed by atoms with van der Waals surface area (Å²) in [6.07, 6.45) is 10.0. The molecule has 224 valence electrons. The van der Waals surface area contributed by atoms with Gasteiger partial charge in [0.2, 0.25) is 0 Å². The number of hydrogen-bond donors (Lipinski definition) is 0. The van der Waals surface area contributed by atoms with Gasteiger partial charge >= 0.3 is 0 Å². The Morgan fingerprint density at radius 3 is 1.94 bits per heavy atom. The lowest BCUT2D eigenvalue weighted by Gasteiger charge is -2.31. The van der Waals surface area contributed by atoms with E-state index in [1.807, 2.05) is 0 Å². The quantitative estimate of drug-likeness (QED) is 0.189. The second kappa shape index (κ2) is 9.56. The minimum absolute atomic E-state index is 0.385. The van der Waals surface area contributed by atoms with Gasteiger partial charge in [0.15, 0.2) is 0 Å². The van der Waals surface area contributed by atoms with Gasteiger partial charge in [-0.15, -0.1) is 0 Å². The van der Waals surface area contributed by atoms with Gasteiger partial charge in [0.05, 0.1) is 5.41 Å². The van der Waals surface area contributed by atoms with Crippen LogP contribution in [0.2, 0.25) is 0 Å². The average Bonchev–Trinajstić information content (AvgIpc) is 3.62. The largest absolute Gasteiger partial charge is 0.456 e. The monoisotopic (exact) mass is 610 g/mol. The molecule has 1 heteroatoms. The zero-order valence-electron chi connectivity index (χ0n) is 26.3. The van der Waals surface area contributed by atoms with Crippen molar-refractivity contribution in [1.82, 2.24) is 0 Å². The molecule has 0 amide bonds. The second-order valence-corrected chi connectivity index (χ2v) is 13.5. The van der Waals surface area contributed by atoms with Crippen molar-refractivity contribution in [3.8, 4) is 56.0 Å². The van der Waals surface area contributed by atoms with Crippen LogP contribution in [0.25, 0.3) is 55.3 Å². The molecule has 1 spiro atoms. The Hall–Kier alpha value is -5.92. The molecule has 11 rings (SSSR count). The van der Waals surface area contributed by atoms with Gasteiger partial charge in [-0.3, -0.25) is 0 Å². The molecule has 4 aliphatic rings. The molecule has 7 aromatic rings. The predicted octanol–water partition coefficient (Wildman–Crippen LogP) is 12.2. The fourth-order valence-electron chi connectivity index (χ4n) is 9.14. The van der Waals surface area contributed by atoms with Crippen molar-refractivity contribution in [1.29, 1.82) is 0 Å². The van der Waals surface area contributed by atoms with Gasteiger partial charge in [-0.25, -0.2) is 0 Å². The van der Waals surface area contributed by atoms with Crippen molar-refractivity contribution in [3.05, 3.63) is 192 Å². The van der Waals surface area contributed by atoms with Crippen molar-refractivity contribution < 1.29 is 4.74 Å². The Balaban J connectivity index is 1.15. The molecule has 48 heavy (non-hydrogen) atoms. The molecule has 3 aliphatic carbocycles. The van der Waals surface area contributed by atoms with Gasteiger partial charge in [0.1, 0.15) is 11.5 Å². The number of benzene rings is 7. The number of hydrogen-bond acceptors (Lipinski definition) is 1. The summed E-state index contributed by atoms with van der Waals surface area (Å²) in [7, 11) is 0. The topological polar surface area (TPSA) is 9.23 Å². The minimum Gasteiger partial charge on any atom is -0.456 e. The molecule has 0 fully saturated rings. The van der Waals surface area contributed by atoms with Gasteiger partial charge < -0.3 is 4.74 Å². The number of rotatable bonds is 2. The fraction of sp³-hybridized carbons (Fsp3) is 0.0638. The molecule has 0 radical (unpaired) electrons. The predicted molar refractivity (Wildman–Crippen MR) is 197 cm³/mol. The molecule has 0 N–H and O–H groups in total. The van der Waals surface area contributed by atoms with Crippen LogP contribution in [-0.2, 0) is 5.41 Å². The van der Waals surface area contributed by atoms with E-state index in [4.69, 9.17) is 4.74 Å². The fourth-order valence-corrected chi connectivity index (χ4v) is 9.14. The molecule has 1 unspecified atom stereocenters. The van der Waals surface area contributed by atoms with E-state index in [0.29, 0.717) is 5.92 Å². The standard InChI is InChI=1S/C47H30O/c1-2-10-29(11-3-1)32-20-23-36-37-24-21-33(31-22-25-44-39(26-31)38-16-8-12-30-13-9-19-45(48-44)46(30)38)28-43(37)47(42(36)27-32)40-17-6-4-14-34(40)35-15-5-7-18-41(35)47/h1-10,12-29H,11H2. The van der Waals surface area contributed by atoms with E-state index in [-0.39, 0.29) is 5.41 Å². The highest BCUT2D eigenvalue weighted by Crippen LogP contribution is 2.63. The van der Waals surface area contributed by atoms with Crippen molar-refractivity contribution in [3.63, 3.8) is 0 Å². The minimum atomic E-state index is -0.389. The van der Waals surface area contributed by atoms with Crippen LogP contribution in [0.1, 0.15) is 40.2 Å². The van der Waals surface area contributed by atoms with Crippen LogP contribution in [0.3, 0.4) is 0 Å². The van der Waals surface area contributed by atoms with Crippen LogP contribution in [-0.4, -0.2) is 0 Å². The van der Waals surface area contributed by atoms with Crippen molar-refractivity contribution in [2.75, 3.05) is 0 Å². The molecule has 0 saturated carbocycles. The summed E-state index contributed by atoms with van der Waals surface area (Å²) in [5, 5.41) is 2.39. The third-order valence-corrected chi connectivity index (χ3v) is 11.2. The zero-order chi connectivity index (χ0) is 31.4. The van der Waals surface area contributed by atoms with Gasteiger partial charge in [-0.1, -0.05) is 140 Å². The molecular formula is C47H30O. The Bertz CT molecular complexity index is 2530. The summed E-state index contributed by atoms with van der Waals surface area (Å²) in [6, 6.07) is 52.2. The first-order valence-electron chi connectivity index (χ1n) is 17.0. The van der Waals surface area contributed by atoms with E-state index in [0.717, 1.165) is 23.5 Å². The van der Waals surface area contributed by atoms with Gasteiger partial charge in [-0.2, -0.15) is 0 Å². The molecule has 0 aromatic heterocycles. The highest BCUT2D eigenvalue weighted by molar-refractivity contribution is 6.05. The zero-order valence-corrected chi connectivity index (χ0v) is 26.3. The van der Waals surface area contributed by atoms with E-state index in [1.165, 1.54) is 77.5 Å². The van der Waals surface area contributed by atoms with Crippen molar-refractivity contribution in [2.24, 2.45) is 0 Å². The maximum absolute atomic E-state index is 6.46. The van der Waals surface area contributed by atoms with Crippen molar-refractivity contribution in [2.45, 2.75) is 17.8 Å². The first-order valence-corrected chi connectivity index (χ1v) is 17.0. The first-order chi connectivity index (χ1) is 23.8. The van der Waals surface area contributed by atoms with E-state index < -0.39 is 0 Å². The highest BCUT2D eigenvalue weighted by Gasteiger charge is 2.51. The van der Waals surface area contributed by atoms with Gasteiger partial charge in [0, 0.05) is 16.9 Å². The normalized spacial score (nSPS) is 16.6. The number of ether oxygens (including phenoxy) is 1. The molecule has 0 saturated heterocycles. The number of allylic oxidation sites excluding steroid dienone is 4. The maximum Gasteiger partial charge on any atom is 0.135 e. The Morgan fingerprint density at radius 1 is 0.479 bits per heavy atom. The Morgan fingerprint density at radius 2 is 1.15 bits per heavy atom. The van der Waals surface area contributed by atoms with Gasteiger partial charge in [0.25, 0.3) is 0 Å². The lowest BCUT2D eigenvalue weighted by atomic mass is 9.69. The second-order valence-electron chi connectivity index (χ2n) is 13.5. The van der Waals surface area contributed by atoms with E-state index in [9.17, 15) is 0 Å². The molecule has 7 aromatic carbocycles. The Kier molecular flexibility index (Phi) is 5.21. The molecule has 1 heterocycles. The smallest absolute Gasteiger partial charge is 0.135 e. The summed E-state index contributed by atoms with van der Waals surface area (Å²) in [6.45, 7) is 0. The van der Waals surface area contributed by atoms with E-state index in [1.54, 1.807) is 0 Å². The van der Waals surface area contributed by atoms with E-state index in [2.05, 4.69) is 164 Å². The summed E-state index contributed by atoms with van der Waals surface area (Å²) < 4.78 is 6.46. The molecular weight excluding hydrogens is 581 g/mol. The summed E-state index contributed by atoms with van der Waals surface area (Å²) in [5.74, 6) is 2.22.